The molecule has 1 fully saturated rings. The SMILES string of the molecule is FC(F)(F)c1cccc(C2CCCC2)c1. The van der Waals surface area contributed by atoms with Gasteiger partial charge in [0.1, 0.15) is 0 Å². The quantitative estimate of drug-likeness (QED) is 0.651. The zero-order valence-electron chi connectivity index (χ0n) is 8.35. The number of hydrogen-bond donors (Lipinski definition) is 0. The molecule has 1 saturated carbocycles. The van der Waals surface area contributed by atoms with Crippen LogP contribution in [0.2, 0.25) is 0 Å². The van der Waals surface area contributed by atoms with Crippen LogP contribution in [0.25, 0.3) is 0 Å². The van der Waals surface area contributed by atoms with Crippen LogP contribution in [0.5, 0.6) is 0 Å². The molecule has 0 nitrogen and oxygen atoms in total. The first-order valence-corrected chi connectivity index (χ1v) is 5.24. The second-order valence-corrected chi connectivity index (χ2v) is 4.10. The summed E-state index contributed by atoms with van der Waals surface area (Å²) in [6, 6.07) is 5.76. The summed E-state index contributed by atoms with van der Waals surface area (Å²) in [5, 5.41) is 0. The summed E-state index contributed by atoms with van der Waals surface area (Å²) in [5.41, 5.74) is 0.328. The molecule has 1 aromatic rings. The largest absolute Gasteiger partial charge is 0.416 e. The second kappa shape index (κ2) is 3.87. The van der Waals surface area contributed by atoms with E-state index < -0.39 is 11.7 Å². The highest BCUT2D eigenvalue weighted by molar-refractivity contribution is 5.28. The Balaban J connectivity index is 2.26. The zero-order valence-corrected chi connectivity index (χ0v) is 8.35. The molecule has 0 unspecified atom stereocenters. The fraction of sp³-hybridized carbons (Fsp3) is 0.500. The van der Waals surface area contributed by atoms with Gasteiger partial charge in [0.15, 0.2) is 0 Å². The van der Waals surface area contributed by atoms with E-state index in [0.29, 0.717) is 5.92 Å². The van der Waals surface area contributed by atoms with Gasteiger partial charge in [0.05, 0.1) is 5.56 Å². The molecular weight excluding hydrogens is 201 g/mol. The molecule has 0 bridgehead atoms. The molecule has 0 spiro atoms. The van der Waals surface area contributed by atoms with Crippen LogP contribution in [0.3, 0.4) is 0 Å². The molecule has 0 heterocycles. The van der Waals surface area contributed by atoms with E-state index in [1.807, 2.05) is 6.07 Å². The Labute approximate surface area is 87.1 Å². The Hall–Kier alpha value is -0.990. The van der Waals surface area contributed by atoms with E-state index in [1.54, 1.807) is 0 Å². The molecule has 0 aromatic heterocycles. The number of benzene rings is 1. The van der Waals surface area contributed by atoms with Crippen LogP contribution < -0.4 is 0 Å². The molecule has 1 aliphatic rings. The van der Waals surface area contributed by atoms with Crippen molar-refractivity contribution in [2.75, 3.05) is 0 Å². The highest BCUT2D eigenvalue weighted by atomic mass is 19.4. The first-order chi connectivity index (χ1) is 7.07. The third-order valence-electron chi connectivity index (χ3n) is 3.04. The molecule has 0 saturated heterocycles. The number of hydrogen-bond acceptors (Lipinski definition) is 0. The van der Waals surface area contributed by atoms with Gasteiger partial charge < -0.3 is 0 Å². The molecule has 3 heteroatoms. The molecular formula is C12H13F3. The average Bonchev–Trinajstić information content (AvgIpc) is 2.69. The fourth-order valence-electron chi connectivity index (χ4n) is 2.23. The fourth-order valence-corrected chi connectivity index (χ4v) is 2.23. The third-order valence-corrected chi connectivity index (χ3v) is 3.04. The Bertz CT molecular complexity index is 335. The maximum Gasteiger partial charge on any atom is 0.416 e. The lowest BCUT2D eigenvalue weighted by atomic mass is 9.96. The first-order valence-electron chi connectivity index (χ1n) is 5.24. The predicted octanol–water partition coefficient (Wildman–Crippen LogP) is 4.36. The van der Waals surface area contributed by atoms with Gasteiger partial charge in [-0.15, -0.1) is 0 Å². The van der Waals surface area contributed by atoms with Gasteiger partial charge >= 0.3 is 6.18 Å². The monoisotopic (exact) mass is 214 g/mol. The normalized spacial score (nSPS) is 18.3. The van der Waals surface area contributed by atoms with Crippen LogP contribution in [-0.2, 0) is 6.18 Å². The number of alkyl halides is 3. The lowest BCUT2D eigenvalue weighted by Crippen LogP contribution is -2.06. The van der Waals surface area contributed by atoms with Crippen molar-refractivity contribution >= 4 is 0 Å². The van der Waals surface area contributed by atoms with Gasteiger partial charge in [-0.3, -0.25) is 0 Å². The van der Waals surface area contributed by atoms with Gasteiger partial charge in [0.2, 0.25) is 0 Å². The van der Waals surface area contributed by atoms with Crippen molar-refractivity contribution < 1.29 is 13.2 Å². The summed E-state index contributed by atoms with van der Waals surface area (Å²) in [4.78, 5) is 0. The van der Waals surface area contributed by atoms with Crippen molar-refractivity contribution in [2.45, 2.75) is 37.8 Å². The summed E-state index contributed by atoms with van der Waals surface area (Å²) in [7, 11) is 0. The molecule has 0 N–H and O–H groups in total. The Morgan fingerprint density at radius 1 is 1.07 bits per heavy atom. The van der Waals surface area contributed by atoms with Crippen molar-refractivity contribution in [1.29, 1.82) is 0 Å². The van der Waals surface area contributed by atoms with E-state index in [-0.39, 0.29) is 0 Å². The first kappa shape index (κ1) is 10.5. The minimum absolute atomic E-state index is 0.340. The molecule has 0 radical (unpaired) electrons. The van der Waals surface area contributed by atoms with Crippen LogP contribution >= 0.6 is 0 Å². The van der Waals surface area contributed by atoms with Gasteiger partial charge in [0, 0.05) is 0 Å². The van der Waals surface area contributed by atoms with Crippen LogP contribution in [-0.4, -0.2) is 0 Å². The van der Waals surface area contributed by atoms with Crippen molar-refractivity contribution in [3.63, 3.8) is 0 Å². The average molecular weight is 214 g/mol. The van der Waals surface area contributed by atoms with Gasteiger partial charge in [-0.25, -0.2) is 0 Å². The van der Waals surface area contributed by atoms with Crippen molar-refractivity contribution in [3.8, 4) is 0 Å². The lowest BCUT2D eigenvalue weighted by Gasteiger charge is -2.12. The maximum atomic E-state index is 12.5. The predicted molar refractivity (Wildman–Crippen MR) is 52.7 cm³/mol. The molecule has 15 heavy (non-hydrogen) atoms. The van der Waals surface area contributed by atoms with E-state index in [0.717, 1.165) is 37.3 Å². The molecule has 0 aliphatic heterocycles. The van der Waals surface area contributed by atoms with E-state index in [9.17, 15) is 13.2 Å². The summed E-state index contributed by atoms with van der Waals surface area (Å²) in [5.74, 6) is 0.340. The Morgan fingerprint density at radius 3 is 2.33 bits per heavy atom. The topological polar surface area (TPSA) is 0 Å². The van der Waals surface area contributed by atoms with Crippen molar-refractivity contribution in [1.82, 2.24) is 0 Å². The summed E-state index contributed by atoms with van der Waals surface area (Å²) >= 11 is 0. The number of halogens is 3. The van der Waals surface area contributed by atoms with Crippen LogP contribution in [0, 0.1) is 0 Å². The summed E-state index contributed by atoms with van der Waals surface area (Å²) in [6.07, 6.45) is 0.124. The molecule has 1 aliphatic carbocycles. The molecule has 2 rings (SSSR count). The van der Waals surface area contributed by atoms with E-state index in [2.05, 4.69) is 0 Å². The minimum atomic E-state index is -4.21. The standard InChI is InChI=1S/C12H13F3/c13-12(14,15)11-7-3-6-10(8-11)9-4-1-2-5-9/h3,6-9H,1-2,4-5H2. The van der Waals surface area contributed by atoms with Gasteiger partial charge in [-0.1, -0.05) is 31.0 Å². The van der Waals surface area contributed by atoms with Gasteiger partial charge in [-0.05, 0) is 30.4 Å². The zero-order chi connectivity index (χ0) is 10.9. The smallest absolute Gasteiger partial charge is 0.166 e. The van der Waals surface area contributed by atoms with Crippen LogP contribution in [0.15, 0.2) is 24.3 Å². The van der Waals surface area contributed by atoms with E-state index in [1.165, 1.54) is 12.1 Å². The Kier molecular flexibility index (Phi) is 2.72. The molecule has 82 valence electrons. The highest BCUT2D eigenvalue weighted by Crippen LogP contribution is 2.37. The van der Waals surface area contributed by atoms with E-state index in [4.69, 9.17) is 0 Å². The Morgan fingerprint density at radius 2 is 1.73 bits per heavy atom. The van der Waals surface area contributed by atoms with Gasteiger partial charge in [-0.2, -0.15) is 13.2 Å². The van der Waals surface area contributed by atoms with E-state index >= 15 is 0 Å². The summed E-state index contributed by atoms with van der Waals surface area (Å²) < 4.78 is 37.4. The van der Waals surface area contributed by atoms with Crippen LogP contribution in [0.4, 0.5) is 13.2 Å². The van der Waals surface area contributed by atoms with Gasteiger partial charge in [0.25, 0.3) is 0 Å². The third kappa shape index (κ3) is 2.33. The molecule has 1 aromatic carbocycles. The molecule has 0 atom stereocenters. The number of rotatable bonds is 1. The van der Waals surface area contributed by atoms with Crippen molar-refractivity contribution in [3.05, 3.63) is 35.4 Å². The highest BCUT2D eigenvalue weighted by Gasteiger charge is 2.31. The van der Waals surface area contributed by atoms with Crippen molar-refractivity contribution in [2.24, 2.45) is 0 Å². The minimum Gasteiger partial charge on any atom is -0.166 e. The van der Waals surface area contributed by atoms with Crippen LogP contribution in [0.1, 0.15) is 42.7 Å². The maximum absolute atomic E-state index is 12.5. The lowest BCUT2D eigenvalue weighted by molar-refractivity contribution is -0.137. The summed E-state index contributed by atoms with van der Waals surface area (Å²) in [6.45, 7) is 0. The second-order valence-electron chi connectivity index (χ2n) is 4.10. The molecule has 0 amide bonds.